The van der Waals surface area contributed by atoms with Crippen molar-refractivity contribution >= 4 is 5.69 Å². The fourth-order valence-corrected chi connectivity index (χ4v) is 1.24. The van der Waals surface area contributed by atoms with Gasteiger partial charge in [-0.05, 0) is 44.0 Å². The van der Waals surface area contributed by atoms with E-state index in [2.05, 4.69) is 0 Å². The molecule has 1 aromatic carbocycles. The van der Waals surface area contributed by atoms with E-state index in [9.17, 15) is 5.11 Å². The minimum Gasteiger partial charge on any atom is -0.508 e. The van der Waals surface area contributed by atoms with Crippen molar-refractivity contribution in [3.05, 3.63) is 23.8 Å². The Labute approximate surface area is 78.4 Å². The van der Waals surface area contributed by atoms with Crippen LogP contribution in [-0.2, 0) is 6.42 Å². The summed E-state index contributed by atoms with van der Waals surface area (Å²) >= 11 is 0. The zero-order valence-corrected chi connectivity index (χ0v) is 8.04. The van der Waals surface area contributed by atoms with E-state index in [0.29, 0.717) is 12.1 Å². The molecule has 0 amide bonds. The van der Waals surface area contributed by atoms with E-state index in [0.717, 1.165) is 5.56 Å². The van der Waals surface area contributed by atoms with Gasteiger partial charge >= 0.3 is 0 Å². The second-order valence-corrected chi connectivity index (χ2v) is 4.05. The third-order valence-corrected chi connectivity index (χ3v) is 1.75. The molecule has 0 radical (unpaired) electrons. The maximum absolute atomic E-state index is 9.49. The van der Waals surface area contributed by atoms with Crippen LogP contribution in [0.3, 0.4) is 0 Å². The first-order chi connectivity index (χ1) is 5.88. The van der Waals surface area contributed by atoms with Gasteiger partial charge in [-0.1, -0.05) is 0 Å². The van der Waals surface area contributed by atoms with E-state index < -0.39 is 0 Å². The number of phenols is 1. The number of nitrogen functional groups attached to an aromatic ring is 1. The standard InChI is InChI=1S/C10H16N2O/c1-10(2,12)6-7-5-8(11)3-4-9(7)13/h3-5,13H,6,11-12H2,1-2H3. The monoisotopic (exact) mass is 180 g/mol. The lowest BCUT2D eigenvalue weighted by Gasteiger charge is -2.19. The third-order valence-electron chi connectivity index (χ3n) is 1.75. The number of anilines is 1. The Kier molecular flexibility index (Phi) is 2.48. The second kappa shape index (κ2) is 3.26. The lowest BCUT2D eigenvalue weighted by Crippen LogP contribution is -2.34. The summed E-state index contributed by atoms with van der Waals surface area (Å²) in [6.07, 6.45) is 0.615. The van der Waals surface area contributed by atoms with Gasteiger partial charge in [0.25, 0.3) is 0 Å². The molecule has 0 aromatic heterocycles. The number of hydrogen-bond donors (Lipinski definition) is 3. The highest BCUT2D eigenvalue weighted by Crippen LogP contribution is 2.23. The Bertz CT molecular complexity index is 302. The summed E-state index contributed by atoms with van der Waals surface area (Å²) in [6.45, 7) is 3.82. The third kappa shape index (κ3) is 2.95. The molecule has 0 aliphatic heterocycles. The molecule has 0 bridgehead atoms. The molecule has 0 unspecified atom stereocenters. The molecule has 0 atom stereocenters. The summed E-state index contributed by atoms with van der Waals surface area (Å²) in [6, 6.07) is 5.02. The lowest BCUT2D eigenvalue weighted by atomic mass is 9.95. The van der Waals surface area contributed by atoms with Crippen molar-refractivity contribution in [3.63, 3.8) is 0 Å². The van der Waals surface area contributed by atoms with Crippen LogP contribution >= 0.6 is 0 Å². The van der Waals surface area contributed by atoms with Gasteiger partial charge in [0.05, 0.1) is 0 Å². The van der Waals surface area contributed by atoms with Crippen LogP contribution in [0, 0.1) is 0 Å². The van der Waals surface area contributed by atoms with Crippen molar-refractivity contribution in [1.82, 2.24) is 0 Å². The smallest absolute Gasteiger partial charge is 0.118 e. The molecule has 3 nitrogen and oxygen atoms in total. The van der Waals surface area contributed by atoms with Crippen LogP contribution in [0.2, 0.25) is 0 Å². The molecule has 3 heteroatoms. The van der Waals surface area contributed by atoms with Crippen LogP contribution in [0.25, 0.3) is 0 Å². The largest absolute Gasteiger partial charge is 0.508 e. The predicted octanol–water partition coefficient (Wildman–Crippen LogP) is 1.25. The number of nitrogens with two attached hydrogens (primary N) is 2. The van der Waals surface area contributed by atoms with Crippen molar-refractivity contribution in [2.75, 3.05) is 5.73 Å². The summed E-state index contributed by atoms with van der Waals surface area (Å²) in [5.74, 6) is 0.257. The quantitative estimate of drug-likeness (QED) is 0.474. The molecular weight excluding hydrogens is 164 g/mol. The van der Waals surface area contributed by atoms with E-state index in [1.807, 2.05) is 13.8 Å². The predicted molar refractivity (Wildman–Crippen MR) is 54.5 cm³/mol. The Morgan fingerprint density at radius 2 is 2.00 bits per heavy atom. The van der Waals surface area contributed by atoms with Crippen LogP contribution in [0.4, 0.5) is 5.69 Å². The van der Waals surface area contributed by atoms with Crippen LogP contribution in [0.1, 0.15) is 19.4 Å². The number of rotatable bonds is 2. The summed E-state index contributed by atoms with van der Waals surface area (Å²) in [4.78, 5) is 0. The van der Waals surface area contributed by atoms with E-state index in [4.69, 9.17) is 11.5 Å². The molecule has 0 heterocycles. The Morgan fingerprint density at radius 3 is 2.54 bits per heavy atom. The number of hydrogen-bond acceptors (Lipinski definition) is 3. The summed E-state index contributed by atoms with van der Waals surface area (Å²) < 4.78 is 0. The molecule has 1 aromatic rings. The summed E-state index contributed by atoms with van der Waals surface area (Å²) in [5, 5.41) is 9.49. The lowest BCUT2D eigenvalue weighted by molar-refractivity contribution is 0.450. The van der Waals surface area contributed by atoms with Crippen LogP contribution in [-0.4, -0.2) is 10.6 Å². The van der Waals surface area contributed by atoms with Crippen molar-refractivity contribution in [2.24, 2.45) is 5.73 Å². The normalized spacial score (nSPS) is 11.6. The number of phenolic OH excluding ortho intramolecular Hbond substituents is 1. The summed E-state index contributed by atoms with van der Waals surface area (Å²) in [5.41, 5.74) is 12.5. The van der Waals surface area contributed by atoms with Crippen molar-refractivity contribution in [3.8, 4) is 5.75 Å². The van der Waals surface area contributed by atoms with Crippen molar-refractivity contribution in [2.45, 2.75) is 25.8 Å². The first-order valence-corrected chi connectivity index (χ1v) is 4.25. The zero-order chi connectivity index (χ0) is 10.1. The van der Waals surface area contributed by atoms with Gasteiger partial charge in [0.2, 0.25) is 0 Å². The fourth-order valence-electron chi connectivity index (χ4n) is 1.24. The van der Waals surface area contributed by atoms with Gasteiger partial charge in [-0.2, -0.15) is 0 Å². The molecule has 0 spiro atoms. The molecule has 72 valence electrons. The van der Waals surface area contributed by atoms with E-state index in [1.54, 1.807) is 18.2 Å². The molecule has 5 N–H and O–H groups in total. The molecule has 0 fully saturated rings. The molecule has 0 saturated carbocycles. The Morgan fingerprint density at radius 1 is 1.38 bits per heavy atom. The number of aromatic hydroxyl groups is 1. The second-order valence-electron chi connectivity index (χ2n) is 4.05. The van der Waals surface area contributed by atoms with E-state index >= 15 is 0 Å². The van der Waals surface area contributed by atoms with Crippen molar-refractivity contribution < 1.29 is 5.11 Å². The van der Waals surface area contributed by atoms with Crippen molar-refractivity contribution in [1.29, 1.82) is 0 Å². The van der Waals surface area contributed by atoms with Gasteiger partial charge in [0.1, 0.15) is 5.75 Å². The molecule has 1 rings (SSSR count). The van der Waals surface area contributed by atoms with Gasteiger partial charge in [0.15, 0.2) is 0 Å². The van der Waals surface area contributed by atoms with Gasteiger partial charge in [-0.15, -0.1) is 0 Å². The molecular formula is C10H16N2O. The molecule has 0 aliphatic carbocycles. The first-order valence-electron chi connectivity index (χ1n) is 4.25. The van der Waals surface area contributed by atoms with Gasteiger partial charge in [-0.25, -0.2) is 0 Å². The topological polar surface area (TPSA) is 72.3 Å². The van der Waals surface area contributed by atoms with Crippen LogP contribution in [0.5, 0.6) is 5.75 Å². The highest BCUT2D eigenvalue weighted by molar-refractivity contribution is 5.47. The zero-order valence-electron chi connectivity index (χ0n) is 8.04. The number of benzene rings is 1. The minimum atomic E-state index is -0.328. The Hall–Kier alpha value is -1.22. The minimum absolute atomic E-state index is 0.257. The van der Waals surface area contributed by atoms with Gasteiger partial charge in [-0.3, -0.25) is 0 Å². The Balaban J connectivity index is 2.94. The van der Waals surface area contributed by atoms with Gasteiger partial charge < -0.3 is 16.6 Å². The average molecular weight is 180 g/mol. The SMILES string of the molecule is CC(C)(N)Cc1cc(N)ccc1O. The summed E-state index contributed by atoms with van der Waals surface area (Å²) in [7, 11) is 0. The molecule has 0 saturated heterocycles. The van der Waals surface area contributed by atoms with Crippen LogP contribution in [0.15, 0.2) is 18.2 Å². The fraction of sp³-hybridized carbons (Fsp3) is 0.400. The van der Waals surface area contributed by atoms with E-state index in [-0.39, 0.29) is 11.3 Å². The van der Waals surface area contributed by atoms with Gasteiger partial charge in [0, 0.05) is 11.2 Å². The van der Waals surface area contributed by atoms with E-state index in [1.165, 1.54) is 0 Å². The maximum atomic E-state index is 9.49. The highest BCUT2D eigenvalue weighted by Gasteiger charge is 2.14. The molecule has 0 aliphatic rings. The maximum Gasteiger partial charge on any atom is 0.118 e. The molecule has 13 heavy (non-hydrogen) atoms. The first kappa shape index (κ1) is 9.86. The highest BCUT2D eigenvalue weighted by atomic mass is 16.3. The average Bonchev–Trinajstić information content (AvgIpc) is 1.94. The van der Waals surface area contributed by atoms with Crippen LogP contribution < -0.4 is 11.5 Å².